The Morgan fingerprint density at radius 1 is 1.00 bits per heavy atom. The van der Waals surface area contributed by atoms with Crippen molar-refractivity contribution in [2.45, 2.75) is 29.7 Å². The maximum atomic E-state index is 13.6. The summed E-state index contributed by atoms with van der Waals surface area (Å²) in [6.45, 7) is 3.20. The third-order valence-corrected chi connectivity index (χ3v) is 8.43. The number of hydrogen-bond donors (Lipinski definition) is 0. The Labute approximate surface area is 182 Å². The van der Waals surface area contributed by atoms with E-state index in [2.05, 4.69) is 21.9 Å². The van der Waals surface area contributed by atoms with E-state index in [-0.39, 0.29) is 6.04 Å². The normalized spacial score (nSPS) is 30.2. The number of alkyl halides is 2. The molecule has 0 bridgehead atoms. The van der Waals surface area contributed by atoms with E-state index in [1.165, 1.54) is 11.8 Å². The molecular weight excluding hydrogens is 418 g/mol. The molecule has 5 rings (SSSR count). The Kier molecular flexibility index (Phi) is 5.09. The van der Waals surface area contributed by atoms with Gasteiger partial charge in [-0.05, 0) is 42.5 Å². The Bertz CT molecular complexity index is 1050. The van der Waals surface area contributed by atoms with Crippen molar-refractivity contribution in [1.29, 1.82) is 0 Å². The van der Waals surface area contributed by atoms with Crippen molar-refractivity contribution >= 4 is 15.5 Å². The minimum atomic E-state index is -3.27. The quantitative estimate of drug-likeness (QED) is 0.689. The van der Waals surface area contributed by atoms with Crippen molar-refractivity contribution < 1.29 is 17.2 Å². The van der Waals surface area contributed by atoms with Crippen LogP contribution in [0.3, 0.4) is 0 Å². The van der Waals surface area contributed by atoms with Crippen LogP contribution in [-0.4, -0.2) is 51.7 Å². The first-order chi connectivity index (χ1) is 14.7. The van der Waals surface area contributed by atoms with Gasteiger partial charge in [0.2, 0.25) is 0 Å². The summed E-state index contributed by atoms with van der Waals surface area (Å²) in [5, 5.41) is 0. The molecular formula is C24H28F2N2O2S. The smallest absolute Gasteiger partial charge is 0.254 e. The van der Waals surface area contributed by atoms with E-state index >= 15 is 0 Å². The molecule has 1 saturated heterocycles. The van der Waals surface area contributed by atoms with Gasteiger partial charge >= 0.3 is 0 Å². The van der Waals surface area contributed by atoms with Crippen LogP contribution < -0.4 is 4.90 Å². The van der Waals surface area contributed by atoms with Crippen LogP contribution in [0.5, 0.6) is 0 Å². The van der Waals surface area contributed by atoms with Crippen molar-refractivity contribution in [2.24, 2.45) is 17.8 Å². The zero-order chi connectivity index (χ0) is 21.8. The number of sulfone groups is 1. The van der Waals surface area contributed by atoms with Crippen molar-refractivity contribution in [3.05, 3.63) is 60.2 Å². The Balaban J connectivity index is 1.35. The van der Waals surface area contributed by atoms with E-state index in [1.807, 2.05) is 24.3 Å². The molecule has 2 saturated carbocycles. The molecule has 0 amide bonds. The highest BCUT2D eigenvalue weighted by molar-refractivity contribution is 7.90. The van der Waals surface area contributed by atoms with Crippen LogP contribution in [0.4, 0.5) is 14.5 Å². The summed E-state index contributed by atoms with van der Waals surface area (Å²) < 4.78 is 51.2. The highest BCUT2D eigenvalue weighted by Crippen LogP contribution is 2.65. The molecule has 2 aromatic carbocycles. The molecule has 4 atom stereocenters. The lowest BCUT2D eigenvalue weighted by Gasteiger charge is -2.44. The van der Waals surface area contributed by atoms with E-state index in [1.54, 1.807) is 18.2 Å². The lowest BCUT2D eigenvalue weighted by Crippen LogP contribution is -2.49. The molecule has 2 aromatic rings. The number of fused-ring (bicyclic) bond motifs is 1. The highest BCUT2D eigenvalue weighted by Gasteiger charge is 2.71. The molecule has 0 spiro atoms. The summed E-state index contributed by atoms with van der Waals surface area (Å²) in [7, 11) is -3.27. The number of hydrogen-bond acceptors (Lipinski definition) is 4. The second-order valence-electron chi connectivity index (χ2n) is 9.36. The SMILES string of the molecule is CS(=O)(=O)c1cccc(N2CCN(C[C@H]3C[C@@H]4[C@H](C3)C4(F)F)[C@@H](c3ccccc3)C2)c1. The van der Waals surface area contributed by atoms with E-state index in [0.29, 0.717) is 23.7 Å². The van der Waals surface area contributed by atoms with Gasteiger partial charge in [0.1, 0.15) is 0 Å². The van der Waals surface area contributed by atoms with Gasteiger partial charge in [0, 0.05) is 50.0 Å². The number of nitrogens with zero attached hydrogens (tertiary/aromatic N) is 2. The molecule has 4 nitrogen and oxygen atoms in total. The third kappa shape index (κ3) is 3.98. The fourth-order valence-electron chi connectivity index (χ4n) is 5.57. The molecule has 2 aliphatic carbocycles. The van der Waals surface area contributed by atoms with E-state index in [4.69, 9.17) is 0 Å². The molecule has 0 unspecified atom stereocenters. The summed E-state index contributed by atoms with van der Waals surface area (Å²) in [5.74, 6) is -2.88. The lowest BCUT2D eigenvalue weighted by molar-refractivity contribution is 0.0546. The number of piperazine rings is 1. The molecule has 0 N–H and O–H groups in total. The van der Waals surface area contributed by atoms with Crippen molar-refractivity contribution in [1.82, 2.24) is 4.90 Å². The summed E-state index contributed by atoms with van der Waals surface area (Å²) in [5.41, 5.74) is 2.12. The van der Waals surface area contributed by atoms with Crippen molar-refractivity contribution in [3.63, 3.8) is 0 Å². The van der Waals surface area contributed by atoms with Gasteiger partial charge in [0.05, 0.1) is 10.9 Å². The van der Waals surface area contributed by atoms with E-state index < -0.39 is 27.6 Å². The van der Waals surface area contributed by atoms with Gasteiger partial charge in [-0.1, -0.05) is 36.4 Å². The van der Waals surface area contributed by atoms with E-state index in [9.17, 15) is 17.2 Å². The van der Waals surface area contributed by atoms with Crippen LogP contribution in [0.25, 0.3) is 0 Å². The molecule has 7 heteroatoms. The predicted molar refractivity (Wildman–Crippen MR) is 117 cm³/mol. The van der Waals surface area contributed by atoms with Crippen molar-refractivity contribution in [2.75, 3.05) is 37.3 Å². The number of halogens is 2. The second kappa shape index (κ2) is 7.55. The third-order valence-electron chi connectivity index (χ3n) is 7.32. The zero-order valence-electron chi connectivity index (χ0n) is 17.6. The van der Waals surface area contributed by atoms with Gasteiger partial charge in [-0.3, -0.25) is 4.90 Å². The van der Waals surface area contributed by atoms with Gasteiger partial charge in [0.25, 0.3) is 5.92 Å². The maximum Gasteiger partial charge on any atom is 0.254 e. The Morgan fingerprint density at radius 3 is 2.39 bits per heavy atom. The molecule has 1 aliphatic heterocycles. The fourth-order valence-corrected chi connectivity index (χ4v) is 6.23. The maximum absolute atomic E-state index is 13.6. The summed E-state index contributed by atoms with van der Waals surface area (Å²) >= 11 is 0. The van der Waals surface area contributed by atoms with Crippen LogP contribution >= 0.6 is 0 Å². The minimum Gasteiger partial charge on any atom is -0.368 e. The first-order valence-corrected chi connectivity index (χ1v) is 12.8. The molecule has 3 aliphatic rings. The molecule has 31 heavy (non-hydrogen) atoms. The minimum absolute atomic E-state index is 0.147. The Hall–Kier alpha value is -1.99. The number of anilines is 1. The average Bonchev–Trinajstić information content (AvgIpc) is 3.06. The molecule has 166 valence electrons. The van der Waals surface area contributed by atoms with E-state index in [0.717, 1.165) is 31.9 Å². The number of benzene rings is 2. The topological polar surface area (TPSA) is 40.6 Å². The van der Waals surface area contributed by atoms with Gasteiger partial charge in [-0.15, -0.1) is 0 Å². The predicted octanol–water partition coefficient (Wildman–Crippen LogP) is 4.24. The molecule has 0 aromatic heterocycles. The van der Waals surface area contributed by atoms with Crippen LogP contribution in [-0.2, 0) is 9.84 Å². The van der Waals surface area contributed by atoms with Crippen LogP contribution in [0.15, 0.2) is 59.5 Å². The largest absolute Gasteiger partial charge is 0.368 e. The summed E-state index contributed by atoms with van der Waals surface area (Å²) in [4.78, 5) is 5.01. The second-order valence-corrected chi connectivity index (χ2v) is 11.4. The van der Waals surface area contributed by atoms with Crippen molar-refractivity contribution in [3.8, 4) is 0 Å². The summed E-state index contributed by atoms with van der Waals surface area (Å²) in [6, 6.07) is 17.6. The monoisotopic (exact) mass is 446 g/mol. The average molecular weight is 447 g/mol. The zero-order valence-corrected chi connectivity index (χ0v) is 18.4. The lowest BCUT2D eigenvalue weighted by atomic mass is 9.97. The fraction of sp³-hybridized carbons (Fsp3) is 0.500. The summed E-state index contributed by atoms with van der Waals surface area (Å²) in [6.07, 6.45) is 2.50. The van der Waals surface area contributed by atoms with Gasteiger partial charge < -0.3 is 4.90 Å². The van der Waals surface area contributed by atoms with Gasteiger partial charge in [0.15, 0.2) is 9.84 Å². The van der Waals surface area contributed by atoms with Gasteiger partial charge in [-0.25, -0.2) is 17.2 Å². The Morgan fingerprint density at radius 2 is 1.71 bits per heavy atom. The van der Waals surface area contributed by atoms with Crippen LogP contribution in [0.2, 0.25) is 0 Å². The molecule has 0 radical (unpaired) electrons. The van der Waals surface area contributed by atoms with Gasteiger partial charge in [-0.2, -0.15) is 0 Å². The first kappa shape index (κ1) is 20.9. The molecule has 1 heterocycles. The first-order valence-electron chi connectivity index (χ1n) is 11.0. The number of rotatable bonds is 5. The highest BCUT2D eigenvalue weighted by atomic mass is 32.2. The van der Waals surface area contributed by atoms with Crippen LogP contribution in [0, 0.1) is 17.8 Å². The molecule has 3 fully saturated rings. The van der Waals surface area contributed by atoms with Crippen LogP contribution in [0.1, 0.15) is 24.4 Å². The standard InChI is InChI=1S/C24H28F2N2O2S/c1-31(29,30)20-9-5-8-19(14-20)27-10-11-28(23(16-27)18-6-3-2-4-7-18)15-17-12-21-22(13-17)24(21,25)26/h2-9,14,17,21-23H,10-13,15-16H2,1H3/t17-,21+,22-,23-/m1/s1.